The highest BCUT2D eigenvalue weighted by molar-refractivity contribution is 7.87. The Labute approximate surface area is 138 Å². The van der Waals surface area contributed by atoms with Crippen LogP contribution in [-0.4, -0.2) is 41.1 Å². The lowest BCUT2D eigenvalue weighted by molar-refractivity contribution is -0.0563. The van der Waals surface area contributed by atoms with Gasteiger partial charge in [0, 0.05) is 5.92 Å². The quantitative estimate of drug-likeness (QED) is 0.386. The van der Waals surface area contributed by atoms with Gasteiger partial charge in [-0.15, -0.1) is 0 Å². The van der Waals surface area contributed by atoms with Crippen molar-refractivity contribution in [1.82, 2.24) is 0 Å². The summed E-state index contributed by atoms with van der Waals surface area (Å²) >= 11 is 0. The molecule has 0 fully saturated rings. The van der Waals surface area contributed by atoms with Crippen LogP contribution in [0.3, 0.4) is 0 Å². The standard InChI is InChI=1S/C11H10F6O6S2/c12-10(13,14)24(18,19)22-6-9(8-4-2-1-3-5-8)7-23-25(20,21)11(15,16)17/h1-5,9H,6-7H2. The van der Waals surface area contributed by atoms with E-state index in [2.05, 4.69) is 8.37 Å². The van der Waals surface area contributed by atoms with E-state index in [0.717, 1.165) is 0 Å². The van der Waals surface area contributed by atoms with Crippen molar-refractivity contribution < 1.29 is 51.5 Å². The molecule has 1 rings (SSSR count). The Kier molecular flexibility index (Phi) is 6.47. The SMILES string of the molecule is O=S(=O)(OCC(COS(=O)(=O)C(F)(F)F)c1ccccc1)C(F)(F)F. The molecular weight excluding hydrogens is 406 g/mol. The largest absolute Gasteiger partial charge is 0.523 e. The summed E-state index contributed by atoms with van der Waals surface area (Å²) in [4.78, 5) is 0. The van der Waals surface area contributed by atoms with Gasteiger partial charge in [0.25, 0.3) is 0 Å². The molecule has 6 nitrogen and oxygen atoms in total. The fourth-order valence-corrected chi connectivity index (χ4v) is 2.40. The van der Waals surface area contributed by atoms with Crippen LogP contribution in [0.2, 0.25) is 0 Å². The first-order valence-electron chi connectivity index (χ1n) is 6.14. The van der Waals surface area contributed by atoms with Crippen LogP contribution in [0.15, 0.2) is 30.3 Å². The number of alkyl halides is 6. The molecular formula is C11H10F6O6S2. The Morgan fingerprint density at radius 3 is 1.44 bits per heavy atom. The summed E-state index contributed by atoms with van der Waals surface area (Å²) in [7, 11) is -12.0. The molecule has 0 aliphatic rings. The molecule has 1 aromatic carbocycles. The van der Waals surface area contributed by atoms with Crippen LogP contribution in [0.5, 0.6) is 0 Å². The first kappa shape index (κ1) is 21.7. The topological polar surface area (TPSA) is 86.7 Å². The van der Waals surface area contributed by atoms with Crippen molar-refractivity contribution in [3.8, 4) is 0 Å². The van der Waals surface area contributed by atoms with E-state index >= 15 is 0 Å². The van der Waals surface area contributed by atoms with E-state index in [1.54, 1.807) is 0 Å². The third kappa shape index (κ3) is 5.83. The van der Waals surface area contributed by atoms with Gasteiger partial charge in [-0.05, 0) is 5.56 Å². The number of hydrogen-bond acceptors (Lipinski definition) is 6. The predicted molar refractivity (Wildman–Crippen MR) is 71.0 cm³/mol. The van der Waals surface area contributed by atoms with E-state index in [9.17, 15) is 43.2 Å². The molecule has 1 aromatic rings. The number of halogens is 6. The molecule has 14 heteroatoms. The van der Waals surface area contributed by atoms with Gasteiger partial charge in [0.2, 0.25) is 0 Å². The fraction of sp³-hybridized carbons (Fsp3) is 0.455. The third-order valence-electron chi connectivity index (χ3n) is 2.69. The van der Waals surface area contributed by atoms with E-state index in [4.69, 9.17) is 0 Å². The lowest BCUT2D eigenvalue weighted by atomic mass is 10.0. The van der Waals surface area contributed by atoms with Gasteiger partial charge < -0.3 is 0 Å². The second kappa shape index (κ2) is 7.47. The Hall–Kier alpha value is -1.38. The predicted octanol–water partition coefficient (Wildman–Crippen LogP) is 2.50. The zero-order chi connectivity index (χ0) is 19.5. The molecule has 25 heavy (non-hydrogen) atoms. The maximum atomic E-state index is 12.2. The van der Waals surface area contributed by atoms with E-state index < -0.39 is 50.4 Å². The van der Waals surface area contributed by atoms with Crippen LogP contribution < -0.4 is 0 Å². The number of rotatable bonds is 7. The summed E-state index contributed by atoms with van der Waals surface area (Å²) in [6.07, 6.45) is 0. The summed E-state index contributed by atoms with van der Waals surface area (Å²) in [5, 5.41) is 0. The second-order valence-corrected chi connectivity index (χ2v) is 7.69. The Bertz CT molecular complexity index is 722. The van der Waals surface area contributed by atoms with E-state index in [1.165, 1.54) is 30.3 Å². The second-order valence-electron chi connectivity index (χ2n) is 4.48. The normalized spacial score (nSPS) is 14.0. The average molecular weight is 416 g/mol. The van der Waals surface area contributed by atoms with Gasteiger partial charge in [-0.25, -0.2) is 0 Å². The van der Waals surface area contributed by atoms with Crippen molar-refractivity contribution in [2.75, 3.05) is 13.2 Å². The Morgan fingerprint density at radius 1 is 0.760 bits per heavy atom. The maximum absolute atomic E-state index is 12.2. The molecule has 0 aliphatic carbocycles. The summed E-state index contributed by atoms with van der Waals surface area (Å²) in [5.41, 5.74) is -11.5. The molecule has 0 amide bonds. The lowest BCUT2D eigenvalue weighted by Gasteiger charge is -2.18. The molecule has 0 N–H and O–H groups in total. The molecule has 0 saturated carbocycles. The van der Waals surface area contributed by atoms with Crippen molar-refractivity contribution >= 4 is 20.2 Å². The van der Waals surface area contributed by atoms with Crippen LogP contribution in [0.4, 0.5) is 26.3 Å². The smallest absolute Gasteiger partial charge is 0.262 e. The molecule has 0 radical (unpaired) electrons. The summed E-state index contributed by atoms with van der Waals surface area (Å²) < 4.78 is 124. The monoisotopic (exact) mass is 416 g/mol. The van der Waals surface area contributed by atoms with Crippen molar-refractivity contribution in [2.24, 2.45) is 0 Å². The third-order valence-corrected chi connectivity index (χ3v) is 4.71. The molecule has 0 spiro atoms. The van der Waals surface area contributed by atoms with Gasteiger partial charge in [0.1, 0.15) is 0 Å². The summed E-state index contributed by atoms with van der Waals surface area (Å²) in [6, 6.07) is 6.59. The van der Waals surface area contributed by atoms with E-state index in [1.807, 2.05) is 0 Å². The number of benzene rings is 1. The van der Waals surface area contributed by atoms with Gasteiger partial charge in [-0.2, -0.15) is 43.2 Å². The van der Waals surface area contributed by atoms with Crippen LogP contribution in [0, 0.1) is 0 Å². The highest BCUT2D eigenvalue weighted by Gasteiger charge is 2.49. The van der Waals surface area contributed by atoms with Gasteiger partial charge in [0.05, 0.1) is 13.2 Å². The van der Waals surface area contributed by atoms with Crippen molar-refractivity contribution in [3.63, 3.8) is 0 Å². The highest BCUT2D eigenvalue weighted by atomic mass is 32.2. The number of hydrogen-bond donors (Lipinski definition) is 0. The summed E-state index contributed by atoms with van der Waals surface area (Å²) in [5.74, 6) is -1.53. The van der Waals surface area contributed by atoms with Gasteiger partial charge in [-0.1, -0.05) is 30.3 Å². The minimum Gasteiger partial charge on any atom is -0.262 e. The van der Waals surface area contributed by atoms with E-state index in [-0.39, 0.29) is 5.56 Å². The molecule has 0 aromatic heterocycles. The molecule has 0 aliphatic heterocycles. The maximum Gasteiger partial charge on any atom is 0.523 e. The molecule has 0 unspecified atom stereocenters. The van der Waals surface area contributed by atoms with Gasteiger partial charge >= 0.3 is 31.3 Å². The fourth-order valence-electron chi connectivity index (χ4n) is 1.44. The van der Waals surface area contributed by atoms with Crippen LogP contribution in [0.1, 0.15) is 11.5 Å². The first-order valence-corrected chi connectivity index (χ1v) is 8.95. The van der Waals surface area contributed by atoms with Crippen LogP contribution in [0.25, 0.3) is 0 Å². The molecule has 0 atom stereocenters. The zero-order valence-electron chi connectivity index (χ0n) is 11.9. The molecule has 144 valence electrons. The molecule has 0 heterocycles. The van der Waals surface area contributed by atoms with E-state index in [0.29, 0.717) is 0 Å². The lowest BCUT2D eigenvalue weighted by Crippen LogP contribution is -2.30. The Balaban J connectivity index is 2.97. The van der Waals surface area contributed by atoms with Gasteiger partial charge in [-0.3, -0.25) is 8.37 Å². The minimum absolute atomic E-state index is 0.0113. The van der Waals surface area contributed by atoms with Crippen molar-refractivity contribution in [3.05, 3.63) is 35.9 Å². The van der Waals surface area contributed by atoms with Crippen molar-refractivity contribution in [1.29, 1.82) is 0 Å². The highest BCUT2D eigenvalue weighted by Crippen LogP contribution is 2.29. The minimum atomic E-state index is -6.01. The Morgan fingerprint density at radius 2 is 1.12 bits per heavy atom. The van der Waals surface area contributed by atoms with Crippen molar-refractivity contribution in [2.45, 2.75) is 16.9 Å². The van der Waals surface area contributed by atoms with Gasteiger partial charge in [0.15, 0.2) is 0 Å². The zero-order valence-corrected chi connectivity index (χ0v) is 13.5. The average Bonchev–Trinajstić information content (AvgIpc) is 2.45. The molecule has 0 bridgehead atoms. The molecule has 0 saturated heterocycles. The van der Waals surface area contributed by atoms with Crippen LogP contribution >= 0.6 is 0 Å². The summed E-state index contributed by atoms with van der Waals surface area (Å²) in [6.45, 7) is -2.56. The van der Waals surface area contributed by atoms with Crippen LogP contribution in [-0.2, 0) is 28.6 Å². The first-order chi connectivity index (χ1) is 11.2.